The highest BCUT2D eigenvalue weighted by Crippen LogP contribution is 2.59. The van der Waals surface area contributed by atoms with Gasteiger partial charge in [-0.05, 0) is 91.8 Å². The van der Waals surface area contributed by atoms with Gasteiger partial charge in [0.25, 0.3) is 15.9 Å². The lowest BCUT2D eigenvalue weighted by Crippen LogP contribution is -2.54. The van der Waals surface area contributed by atoms with Crippen LogP contribution in [-0.4, -0.2) is 44.3 Å². The van der Waals surface area contributed by atoms with Gasteiger partial charge in [-0.3, -0.25) is 13.9 Å². The molecule has 0 aromatic heterocycles. The van der Waals surface area contributed by atoms with Crippen LogP contribution in [0.1, 0.15) is 48.5 Å². The van der Waals surface area contributed by atoms with Crippen molar-refractivity contribution in [2.75, 3.05) is 22.7 Å². The van der Waals surface area contributed by atoms with Gasteiger partial charge in [-0.1, -0.05) is 0 Å². The Bertz CT molecular complexity index is 1650. The molecule has 1 aliphatic carbocycles. The van der Waals surface area contributed by atoms with Crippen LogP contribution in [0.4, 0.5) is 24.5 Å². The molecule has 1 saturated heterocycles. The van der Waals surface area contributed by atoms with Crippen molar-refractivity contribution in [2.45, 2.75) is 49.0 Å². The van der Waals surface area contributed by atoms with Gasteiger partial charge in [0.1, 0.15) is 17.5 Å². The van der Waals surface area contributed by atoms with E-state index in [-0.39, 0.29) is 28.0 Å². The molecule has 1 saturated carbocycles. The van der Waals surface area contributed by atoms with Crippen LogP contribution in [0, 0.1) is 23.4 Å². The number of rotatable bonds is 5. The van der Waals surface area contributed by atoms with Gasteiger partial charge in [-0.25, -0.2) is 21.6 Å². The Morgan fingerprint density at radius 3 is 2.20 bits per heavy atom. The number of anilines is 2. The molecule has 3 aromatic rings. The highest BCUT2D eigenvalue weighted by molar-refractivity contribution is 7.92. The Morgan fingerprint density at radius 2 is 1.56 bits per heavy atom. The quantitative estimate of drug-likeness (QED) is 0.446. The summed E-state index contributed by atoms with van der Waals surface area (Å²) in [5.41, 5.74) is 0.259. The number of benzene rings is 3. The van der Waals surface area contributed by atoms with Gasteiger partial charge in [0.05, 0.1) is 22.3 Å². The molecule has 2 aliphatic heterocycles. The van der Waals surface area contributed by atoms with Gasteiger partial charge < -0.3 is 10.2 Å². The number of piperidine rings is 1. The van der Waals surface area contributed by atoms with E-state index in [0.29, 0.717) is 37.2 Å². The van der Waals surface area contributed by atoms with Gasteiger partial charge >= 0.3 is 0 Å². The van der Waals surface area contributed by atoms with Crippen LogP contribution < -0.4 is 9.62 Å². The monoisotopic (exact) mass is 583 g/mol. The lowest BCUT2D eigenvalue weighted by molar-refractivity contribution is -0.130. The number of carbonyl (C=O) groups is 2. The number of hydrogen-bond acceptors (Lipinski definition) is 4. The van der Waals surface area contributed by atoms with E-state index in [9.17, 15) is 31.2 Å². The van der Waals surface area contributed by atoms with Crippen LogP contribution >= 0.6 is 0 Å². The molecule has 0 bridgehead atoms. The fourth-order valence-corrected chi connectivity index (χ4v) is 8.23. The molecule has 1 atom stereocenters. The van der Waals surface area contributed by atoms with Gasteiger partial charge in [0.15, 0.2) is 0 Å². The summed E-state index contributed by atoms with van der Waals surface area (Å²) in [5.74, 6) is -2.72. The molecule has 2 heterocycles. The third-order valence-electron chi connectivity index (χ3n) is 8.57. The maximum Gasteiger partial charge on any atom is 0.264 e. The molecule has 1 spiro atoms. The van der Waals surface area contributed by atoms with Crippen LogP contribution in [0.5, 0.6) is 0 Å². The van der Waals surface area contributed by atoms with E-state index in [1.54, 1.807) is 17.0 Å². The minimum absolute atomic E-state index is 0.0443. The summed E-state index contributed by atoms with van der Waals surface area (Å²) in [6.45, 7) is 2.35. The Hall–Kier alpha value is -3.86. The Morgan fingerprint density at radius 1 is 0.902 bits per heavy atom. The zero-order chi connectivity index (χ0) is 29.1. The molecule has 214 valence electrons. The SMILES string of the molecule is CC(=O)N1CCC2(CC1)c1cc(C(=O)Nc3cc(F)ccc3F)ccc1N(S(=O)(=O)c1ccc(F)cc1)C2C1CC1. The first-order valence-electron chi connectivity index (χ1n) is 13.5. The fraction of sp³-hybridized carbons (Fsp3) is 0.333. The van der Waals surface area contributed by atoms with Gasteiger partial charge in [0, 0.05) is 37.1 Å². The van der Waals surface area contributed by atoms with Crippen molar-refractivity contribution in [3.8, 4) is 0 Å². The van der Waals surface area contributed by atoms with Gasteiger partial charge in [-0.15, -0.1) is 0 Å². The van der Waals surface area contributed by atoms with E-state index in [1.165, 1.54) is 29.4 Å². The summed E-state index contributed by atoms with van der Waals surface area (Å²) in [5, 5.41) is 2.42. The summed E-state index contributed by atoms with van der Waals surface area (Å²) in [7, 11) is -4.13. The molecule has 6 rings (SSSR count). The summed E-state index contributed by atoms with van der Waals surface area (Å²) in [6, 6.07) is 11.7. The molecule has 2 amide bonds. The minimum atomic E-state index is -4.13. The van der Waals surface area contributed by atoms with Crippen molar-refractivity contribution in [2.24, 2.45) is 5.92 Å². The average molecular weight is 584 g/mol. The third-order valence-corrected chi connectivity index (χ3v) is 10.4. The summed E-state index contributed by atoms with van der Waals surface area (Å²) < 4.78 is 71.4. The molecule has 41 heavy (non-hydrogen) atoms. The molecule has 2 fully saturated rings. The number of carbonyl (C=O) groups excluding carboxylic acids is 2. The number of fused-ring (bicyclic) bond motifs is 2. The van der Waals surface area contributed by atoms with Crippen molar-refractivity contribution in [3.63, 3.8) is 0 Å². The number of halogens is 3. The molecular weight excluding hydrogens is 555 g/mol. The van der Waals surface area contributed by atoms with Crippen LogP contribution in [-0.2, 0) is 20.2 Å². The van der Waals surface area contributed by atoms with Crippen molar-refractivity contribution >= 4 is 33.2 Å². The largest absolute Gasteiger partial charge is 0.343 e. The van der Waals surface area contributed by atoms with Crippen molar-refractivity contribution in [3.05, 3.63) is 89.2 Å². The number of amides is 2. The van der Waals surface area contributed by atoms with E-state index >= 15 is 0 Å². The Kier molecular flexibility index (Phi) is 6.60. The zero-order valence-corrected chi connectivity index (χ0v) is 23.1. The van der Waals surface area contributed by atoms with Crippen molar-refractivity contribution in [1.29, 1.82) is 0 Å². The minimum Gasteiger partial charge on any atom is -0.343 e. The van der Waals surface area contributed by atoms with Gasteiger partial charge in [0.2, 0.25) is 5.91 Å². The van der Waals surface area contributed by atoms with Crippen LogP contribution in [0.25, 0.3) is 0 Å². The number of hydrogen-bond donors (Lipinski definition) is 1. The Balaban J connectivity index is 1.46. The average Bonchev–Trinajstić information content (AvgIpc) is 3.75. The topological polar surface area (TPSA) is 86.8 Å². The molecule has 7 nitrogen and oxygen atoms in total. The second-order valence-electron chi connectivity index (χ2n) is 11.0. The number of nitrogens with one attached hydrogen (secondary N) is 1. The highest BCUT2D eigenvalue weighted by atomic mass is 32.2. The van der Waals surface area contributed by atoms with Crippen LogP contribution in [0.3, 0.4) is 0 Å². The van der Waals surface area contributed by atoms with Crippen LogP contribution in [0.2, 0.25) is 0 Å². The molecule has 3 aromatic carbocycles. The zero-order valence-electron chi connectivity index (χ0n) is 22.2. The molecule has 3 aliphatic rings. The maximum absolute atomic E-state index is 14.3. The van der Waals surface area contributed by atoms with Crippen molar-refractivity contribution in [1.82, 2.24) is 4.90 Å². The van der Waals surface area contributed by atoms with E-state index < -0.39 is 44.8 Å². The molecule has 1 unspecified atom stereocenters. The Labute approximate surface area is 236 Å². The predicted octanol–water partition coefficient (Wildman–Crippen LogP) is 5.22. The summed E-state index contributed by atoms with van der Waals surface area (Å²) in [4.78, 5) is 27.1. The fourth-order valence-electron chi connectivity index (χ4n) is 6.43. The molecular formula is C30H28F3N3O4S. The van der Waals surface area contributed by atoms with E-state index in [1.807, 2.05) is 0 Å². The van der Waals surface area contributed by atoms with E-state index in [4.69, 9.17) is 0 Å². The van der Waals surface area contributed by atoms with Crippen LogP contribution in [0.15, 0.2) is 65.6 Å². The van der Waals surface area contributed by atoms with E-state index in [0.717, 1.165) is 43.2 Å². The van der Waals surface area contributed by atoms with Crippen molar-refractivity contribution < 1.29 is 31.2 Å². The second-order valence-corrected chi connectivity index (χ2v) is 12.8. The van der Waals surface area contributed by atoms with E-state index in [2.05, 4.69) is 5.32 Å². The number of sulfonamides is 1. The first-order chi connectivity index (χ1) is 19.5. The molecule has 11 heteroatoms. The molecule has 0 radical (unpaired) electrons. The third kappa shape index (κ3) is 4.65. The number of nitrogens with zero attached hydrogens (tertiary/aromatic N) is 2. The van der Waals surface area contributed by atoms with Gasteiger partial charge in [-0.2, -0.15) is 0 Å². The number of likely N-dealkylation sites (tertiary alicyclic amines) is 1. The smallest absolute Gasteiger partial charge is 0.264 e. The first-order valence-corrected chi connectivity index (χ1v) is 14.9. The maximum atomic E-state index is 14.3. The lowest BCUT2D eigenvalue weighted by Gasteiger charge is -2.45. The lowest BCUT2D eigenvalue weighted by atomic mass is 9.68. The molecule has 1 N–H and O–H groups in total. The second kappa shape index (κ2) is 9.90. The highest BCUT2D eigenvalue weighted by Gasteiger charge is 2.60. The normalized spacial score (nSPS) is 19.8. The summed E-state index contributed by atoms with van der Waals surface area (Å²) in [6.07, 6.45) is 2.64. The standard InChI is InChI=1S/C30H28F3N3O4S/c1-18(37)35-14-12-30(13-15-35)24-16-20(29(38)34-26-17-22(32)7-10-25(26)33)4-11-27(24)36(28(30)19-2-3-19)41(39,40)23-8-5-21(31)6-9-23/h4-11,16-17,19,28H,2-3,12-15H2,1H3,(H,34,38). The first kappa shape index (κ1) is 27.3. The summed E-state index contributed by atoms with van der Waals surface area (Å²) >= 11 is 0. The predicted molar refractivity (Wildman–Crippen MR) is 146 cm³/mol.